The van der Waals surface area contributed by atoms with Gasteiger partial charge in [-0.15, -0.1) is 11.8 Å². The second-order valence-corrected chi connectivity index (χ2v) is 7.80. The Balaban J connectivity index is 2.02. The fraction of sp³-hybridized carbons (Fsp3) is 0.381. The van der Waals surface area contributed by atoms with Gasteiger partial charge in [0.15, 0.2) is 0 Å². The lowest BCUT2D eigenvalue weighted by atomic mass is 9.99. The summed E-state index contributed by atoms with van der Waals surface area (Å²) in [6, 6.07) is 14.8. The van der Waals surface area contributed by atoms with E-state index >= 15 is 0 Å². The fourth-order valence-electron chi connectivity index (χ4n) is 2.57. The first-order valence-corrected chi connectivity index (χ1v) is 9.39. The lowest BCUT2D eigenvalue weighted by Gasteiger charge is -2.21. The van der Waals surface area contributed by atoms with Crippen LogP contribution in [0.3, 0.4) is 0 Å². The molecule has 0 bridgehead atoms. The zero-order valence-corrected chi connectivity index (χ0v) is 16.0. The molecule has 0 saturated heterocycles. The van der Waals surface area contributed by atoms with Crippen LogP contribution in [-0.4, -0.2) is 11.2 Å². The zero-order valence-electron chi connectivity index (χ0n) is 15.2. The van der Waals surface area contributed by atoms with Crippen LogP contribution in [0.1, 0.15) is 48.6 Å². The van der Waals surface area contributed by atoms with E-state index in [1.54, 1.807) is 11.8 Å². The normalized spacial score (nSPS) is 13.4. The number of hydrogen-bond donors (Lipinski definition) is 1. The summed E-state index contributed by atoms with van der Waals surface area (Å²) in [5.41, 5.74) is 4.96. The predicted octanol–water partition coefficient (Wildman–Crippen LogP) is 5.36. The average Bonchev–Trinajstić information content (AvgIpc) is 2.57. The van der Waals surface area contributed by atoms with Crippen LogP contribution >= 0.6 is 11.8 Å². The molecule has 0 radical (unpaired) electrons. The Morgan fingerprint density at radius 1 is 1.04 bits per heavy atom. The first-order valence-electron chi connectivity index (χ1n) is 8.51. The smallest absolute Gasteiger partial charge is 0.233 e. The van der Waals surface area contributed by atoms with E-state index in [1.807, 2.05) is 6.92 Å². The van der Waals surface area contributed by atoms with E-state index in [1.165, 1.54) is 22.3 Å². The zero-order chi connectivity index (χ0) is 17.7. The molecule has 0 aliphatic carbocycles. The highest BCUT2D eigenvalue weighted by atomic mass is 32.2. The number of benzene rings is 2. The van der Waals surface area contributed by atoms with Crippen LogP contribution < -0.4 is 5.32 Å². The minimum absolute atomic E-state index is 0.0675. The summed E-state index contributed by atoms with van der Waals surface area (Å²) >= 11 is 1.60. The molecule has 24 heavy (non-hydrogen) atoms. The number of carbonyl (C=O) groups is 1. The summed E-state index contributed by atoms with van der Waals surface area (Å²) < 4.78 is 0. The Labute approximate surface area is 150 Å². The predicted molar refractivity (Wildman–Crippen MR) is 104 cm³/mol. The molecule has 1 amide bonds. The summed E-state index contributed by atoms with van der Waals surface area (Å²) in [5.74, 6) is 0.0886. The van der Waals surface area contributed by atoms with Gasteiger partial charge in [-0.05, 0) is 62.9 Å². The van der Waals surface area contributed by atoms with Crippen LogP contribution in [0.15, 0.2) is 47.4 Å². The van der Waals surface area contributed by atoms with Gasteiger partial charge in [0, 0.05) is 4.90 Å². The molecule has 0 aliphatic rings. The van der Waals surface area contributed by atoms with Crippen LogP contribution in [0, 0.1) is 20.8 Å². The molecule has 0 fully saturated rings. The highest BCUT2D eigenvalue weighted by Gasteiger charge is 2.19. The lowest BCUT2D eigenvalue weighted by Crippen LogP contribution is -2.34. The Hall–Kier alpha value is -1.74. The third kappa shape index (κ3) is 4.88. The second kappa shape index (κ2) is 8.39. The number of thioether (sulfide) groups is 1. The number of aryl methyl sites for hydroxylation is 3. The van der Waals surface area contributed by atoms with Gasteiger partial charge >= 0.3 is 0 Å². The second-order valence-electron chi connectivity index (χ2n) is 6.39. The molecule has 1 N–H and O–H groups in total. The maximum atomic E-state index is 12.6. The topological polar surface area (TPSA) is 29.1 Å². The van der Waals surface area contributed by atoms with Crippen molar-refractivity contribution in [2.45, 2.75) is 57.2 Å². The van der Waals surface area contributed by atoms with Crippen molar-refractivity contribution in [3.05, 3.63) is 64.7 Å². The molecule has 2 atom stereocenters. The van der Waals surface area contributed by atoms with Crippen molar-refractivity contribution < 1.29 is 4.79 Å². The van der Waals surface area contributed by atoms with E-state index in [-0.39, 0.29) is 17.2 Å². The van der Waals surface area contributed by atoms with Gasteiger partial charge in [0.2, 0.25) is 5.91 Å². The molecule has 0 aromatic heterocycles. The molecular weight excluding hydrogens is 314 g/mol. The van der Waals surface area contributed by atoms with Crippen LogP contribution in [0.25, 0.3) is 0 Å². The molecule has 2 unspecified atom stereocenters. The molecule has 0 spiro atoms. The van der Waals surface area contributed by atoms with E-state index in [0.717, 1.165) is 11.3 Å². The van der Waals surface area contributed by atoms with E-state index < -0.39 is 0 Å². The highest BCUT2D eigenvalue weighted by Crippen LogP contribution is 2.25. The summed E-state index contributed by atoms with van der Waals surface area (Å²) in [7, 11) is 0. The van der Waals surface area contributed by atoms with Crippen molar-refractivity contribution in [2.75, 3.05) is 0 Å². The van der Waals surface area contributed by atoms with Crippen molar-refractivity contribution in [3.63, 3.8) is 0 Å². The molecule has 2 aromatic carbocycles. The van der Waals surface area contributed by atoms with Gasteiger partial charge in [-0.3, -0.25) is 4.79 Å². The van der Waals surface area contributed by atoms with Crippen LogP contribution in [0.2, 0.25) is 0 Å². The molecular formula is C21H27NOS. The SMILES string of the molecule is CCC(NC(=O)C(C)Sc1ccc(C)cc1)c1ccc(C)c(C)c1. The van der Waals surface area contributed by atoms with Gasteiger partial charge in [-0.2, -0.15) is 0 Å². The van der Waals surface area contributed by atoms with Gasteiger partial charge in [-0.25, -0.2) is 0 Å². The van der Waals surface area contributed by atoms with Crippen LogP contribution in [0.5, 0.6) is 0 Å². The number of hydrogen-bond acceptors (Lipinski definition) is 2. The average molecular weight is 342 g/mol. The summed E-state index contributed by atoms with van der Waals surface area (Å²) in [6.45, 7) is 10.4. The Kier molecular flexibility index (Phi) is 6.50. The molecule has 3 heteroatoms. The number of rotatable bonds is 6. The Morgan fingerprint density at radius 3 is 2.29 bits per heavy atom. The van der Waals surface area contributed by atoms with Crippen molar-refractivity contribution in [1.29, 1.82) is 0 Å². The third-order valence-electron chi connectivity index (χ3n) is 4.36. The minimum atomic E-state index is -0.117. The van der Waals surface area contributed by atoms with Gasteiger partial charge < -0.3 is 5.32 Å². The first-order chi connectivity index (χ1) is 11.4. The molecule has 2 rings (SSSR count). The summed E-state index contributed by atoms with van der Waals surface area (Å²) in [5, 5.41) is 3.08. The summed E-state index contributed by atoms with van der Waals surface area (Å²) in [6.07, 6.45) is 0.885. The van der Waals surface area contributed by atoms with E-state index in [0.29, 0.717) is 0 Å². The van der Waals surface area contributed by atoms with Gasteiger partial charge in [0.1, 0.15) is 0 Å². The van der Waals surface area contributed by atoms with Crippen LogP contribution in [-0.2, 0) is 4.79 Å². The van der Waals surface area contributed by atoms with Gasteiger partial charge in [-0.1, -0.05) is 42.8 Å². The van der Waals surface area contributed by atoms with Crippen LogP contribution in [0.4, 0.5) is 0 Å². The molecule has 0 aliphatic heterocycles. The van der Waals surface area contributed by atoms with E-state index in [2.05, 4.69) is 75.5 Å². The minimum Gasteiger partial charge on any atom is -0.348 e. The van der Waals surface area contributed by atoms with Crippen molar-refractivity contribution >= 4 is 17.7 Å². The fourth-order valence-corrected chi connectivity index (χ4v) is 3.44. The quantitative estimate of drug-likeness (QED) is 0.717. The van der Waals surface area contributed by atoms with Crippen molar-refractivity contribution in [1.82, 2.24) is 5.32 Å². The number of nitrogens with one attached hydrogen (secondary N) is 1. The first kappa shape index (κ1) is 18.6. The van der Waals surface area contributed by atoms with Gasteiger partial charge in [0.25, 0.3) is 0 Å². The molecule has 2 aromatic rings. The van der Waals surface area contributed by atoms with E-state index in [9.17, 15) is 4.79 Å². The number of amides is 1. The van der Waals surface area contributed by atoms with Crippen molar-refractivity contribution in [3.8, 4) is 0 Å². The number of carbonyl (C=O) groups excluding carboxylic acids is 1. The maximum absolute atomic E-state index is 12.6. The molecule has 0 heterocycles. The lowest BCUT2D eigenvalue weighted by molar-refractivity contribution is -0.121. The van der Waals surface area contributed by atoms with E-state index in [4.69, 9.17) is 0 Å². The third-order valence-corrected chi connectivity index (χ3v) is 5.47. The van der Waals surface area contributed by atoms with Crippen molar-refractivity contribution in [2.24, 2.45) is 0 Å². The Morgan fingerprint density at radius 2 is 1.71 bits per heavy atom. The molecule has 0 saturated carbocycles. The largest absolute Gasteiger partial charge is 0.348 e. The maximum Gasteiger partial charge on any atom is 0.233 e. The molecule has 128 valence electrons. The molecule has 2 nitrogen and oxygen atoms in total. The Bertz CT molecular complexity index is 693. The summed E-state index contributed by atoms with van der Waals surface area (Å²) in [4.78, 5) is 13.7. The standard InChI is InChI=1S/C21H27NOS/c1-6-20(18-10-9-15(3)16(4)13-18)22-21(23)17(5)24-19-11-7-14(2)8-12-19/h7-13,17,20H,6H2,1-5H3,(H,22,23). The highest BCUT2D eigenvalue weighted by molar-refractivity contribution is 8.00. The van der Waals surface area contributed by atoms with Gasteiger partial charge in [0.05, 0.1) is 11.3 Å². The monoisotopic (exact) mass is 341 g/mol.